The van der Waals surface area contributed by atoms with Crippen molar-refractivity contribution in [3.8, 4) is 0 Å². The molecular weight excluding hydrogens is 357 g/mol. The van der Waals surface area contributed by atoms with Gasteiger partial charge in [-0.05, 0) is 24.3 Å². The summed E-state index contributed by atoms with van der Waals surface area (Å²) in [4.78, 5) is 15.3. The Kier molecular flexibility index (Phi) is 6.03. The van der Waals surface area contributed by atoms with Gasteiger partial charge in [0, 0.05) is 36.4 Å². The van der Waals surface area contributed by atoms with Crippen LogP contribution in [0.3, 0.4) is 0 Å². The van der Waals surface area contributed by atoms with Crippen LogP contribution in [0.4, 0.5) is 4.39 Å². The molecule has 7 heteroatoms. The molecule has 0 atom stereocenters. The maximum Gasteiger partial charge on any atom is 0.264 e. The molecule has 3 rings (SSSR count). The van der Waals surface area contributed by atoms with Crippen molar-refractivity contribution in [2.24, 2.45) is 0 Å². The lowest BCUT2D eigenvalue weighted by atomic mass is 10.1. The molecule has 0 spiro atoms. The number of rotatable bonds is 8. The summed E-state index contributed by atoms with van der Waals surface area (Å²) in [6.45, 7) is 1.28. The van der Waals surface area contributed by atoms with Crippen molar-refractivity contribution in [1.29, 1.82) is 0 Å². The molecule has 0 bridgehead atoms. The van der Waals surface area contributed by atoms with Gasteiger partial charge in [-0.25, -0.2) is 4.39 Å². The summed E-state index contributed by atoms with van der Waals surface area (Å²) in [5.74, 6) is 0.139. The Labute approximate surface area is 154 Å². The number of benzene rings is 1. The highest BCUT2D eigenvalue weighted by atomic mass is 32.1. The molecule has 3 aromatic rings. The highest BCUT2D eigenvalue weighted by Gasteiger charge is 2.25. The number of carbonyl (C=O) groups is 1. The van der Waals surface area contributed by atoms with Gasteiger partial charge in [0.2, 0.25) is 0 Å². The molecule has 0 aliphatic heterocycles. The number of methoxy groups -OCH3 is 2. The number of halogens is 1. The summed E-state index contributed by atoms with van der Waals surface area (Å²) in [7, 11) is 3.12. The Balaban J connectivity index is 1.99. The van der Waals surface area contributed by atoms with Crippen LogP contribution in [0.25, 0.3) is 10.1 Å². The van der Waals surface area contributed by atoms with Crippen LogP contribution in [0.1, 0.15) is 21.0 Å². The molecule has 0 unspecified atom stereocenters. The maximum atomic E-state index is 14.3. The average Bonchev–Trinajstić information content (AvgIpc) is 3.27. The normalized spacial score (nSPS) is 11.2. The molecule has 5 nitrogen and oxygen atoms in total. The van der Waals surface area contributed by atoms with E-state index in [-0.39, 0.29) is 18.3 Å². The van der Waals surface area contributed by atoms with E-state index in [4.69, 9.17) is 13.9 Å². The number of fused-ring (bicyclic) bond motifs is 1. The van der Waals surface area contributed by atoms with Crippen molar-refractivity contribution in [1.82, 2.24) is 4.90 Å². The number of nitrogens with zero attached hydrogens (tertiary/aromatic N) is 1. The predicted octanol–water partition coefficient (Wildman–Crippen LogP) is 4.07. The predicted molar refractivity (Wildman–Crippen MR) is 97.8 cm³/mol. The summed E-state index contributed by atoms with van der Waals surface area (Å²) in [6.07, 6.45) is 1.57. The summed E-state index contributed by atoms with van der Waals surface area (Å²) in [6, 6.07) is 8.44. The van der Waals surface area contributed by atoms with Gasteiger partial charge in [-0.15, -0.1) is 11.3 Å². The molecule has 0 saturated carbocycles. The van der Waals surface area contributed by atoms with Crippen molar-refractivity contribution in [2.75, 3.05) is 27.4 Å². The third-order valence-corrected chi connectivity index (χ3v) is 5.21. The van der Waals surface area contributed by atoms with E-state index in [0.717, 1.165) is 4.70 Å². The van der Waals surface area contributed by atoms with E-state index < -0.39 is 0 Å². The van der Waals surface area contributed by atoms with Crippen LogP contribution in [0.5, 0.6) is 0 Å². The van der Waals surface area contributed by atoms with Gasteiger partial charge >= 0.3 is 0 Å². The van der Waals surface area contributed by atoms with Gasteiger partial charge in [0.15, 0.2) is 0 Å². The number of thiophene rings is 1. The molecule has 1 amide bonds. The van der Waals surface area contributed by atoms with E-state index in [0.29, 0.717) is 41.3 Å². The van der Waals surface area contributed by atoms with Crippen molar-refractivity contribution >= 4 is 27.3 Å². The summed E-state index contributed by atoms with van der Waals surface area (Å²) >= 11 is 1.28. The van der Waals surface area contributed by atoms with Crippen LogP contribution in [0.2, 0.25) is 0 Å². The smallest absolute Gasteiger partial charge is 0.264 e. The van der Waals surface area contributed by atoms with Crippen molar-refractivity contribution in [3.05, 3.63) is 58.6 Å². The van der Waals surface area contributed by atoms with E-state index >= 15 is 0 Å². The fourth-order valence-electron chi connectivity index (χ4n) is 2.81. The van der Waals surface area contributed by atoms with Crippen LogP contribution in [-0.4, -0.2) is 38.2 Å². The Hall–Kier alpha value is -2.22. The second-order valence-corrected chi connectivity index (χ2v) is 6.81. The van der Waals surface area contributed by atoms with Crippen molar-refractivity contribution in [2.45, 2.75) is 13.2 Å². The van der Waals surface area contributed by atoms with Crippen LogP contribution in [0.15, 0.2) is 41.0 Å². The van der Waals surface area contributed by atoms with Gasteiger partial charge in [0.25, 0.3) is 5.91 Å². The molecule has 0 saturated heterocycles. The van der Waals surface area contributed by atoms with E-state index in [1.165, 1.54) is 24.5 Å². The quantitative estimate of drug-likeness (QED) is 0.594. The number of furan rings is 1. The molecule has 0 aliphatic carbocycles. The second kappa shape index (κ2) is 8.44. The molecule has 138 valence electrons. The molecule has 2 heterocycles. The number of amides is 1. The van der Waals surface area contributed by atoms with Crippen molar-refractivity contribution < 1.29 is 23.1 Å². The van der Waals surface area contributed by atoms with Crippen molar-refractivity contribution in [3.63, 3.8) is 0 Å². The van der Waals surface area contributed by atoms with Gasteiger partial charge < -0.3 is 18.8 Å². The highest BCUT2D eigenvalue weighted by molar-refractivity contribution is 7.21. The van der Waals surface area contributed by atoms with Gasteiger partial charge in [0.05, 0.1) is 30.9 Å². The maximum absolute atomic E-state index is 14.3. The first-order chi connectivity index (χ1) is 12.7. The van der Waals surface area contributed by atoms with E-state index in [1.54, 1.807) is 30.4 Å². The van der Waals surface area contributed by atoms with Gasteiger partial charge in [0.1, 0.15) is 11.6 Å². The van der Waals surface area contributed by atoms with Gasteiger partial charge in [-0.3, -0.25) is 4.79 Å². The minimum absolute atomic E-state index is 0.168. The lowest BCUT2D eigenvalue weighted by Crippen LogP contribution is -2.33. The lowest BCUT2D eigenvalue weighted by molar-refractivity contribution is 0.0667. The number of ether oxygens (including phenoxy) is 2. The SMILES string of the molecule is COCCN(Cc1ccco1)C(=O)c1sc2cccc(F)c2c1COC. The molecule has 0 aliphatic rings. The zero-order valence-corrected chi connectivity index (χ0v) is 15.5. The fourth-order valence-corrected chi connectivity index (χ4v) is 4.00. The Bertz CT molecular complexity index is 875. The second-order valence-electron chi connectivity index (χ2n) is 5.75. The number of hydrogen-bond acceptors (Lipinski definition) is 5. The van der Waals surface area contributed by atoms with Crippen LogP contribution in [-0.2, 0) is 22.6 Å². The van der Waals surface area contributed by atoms with Gasteiger partial charge in [-0.2, -0.15) is 0 Å². The average molecular weight is 377 g/mol. The molecule has 0 N–H and O–H groups in total. The zero-order chi connectivity index (χ0) is 18.5. The van der Waals surface area contributed by atoms with Crippen LogP contribution in [0, 0.1) is 5.82 Å². The van der Waals surface area contributed by atoms with Gasteiger partial charge in [-0.1, -0.05) is 6.07 Å². The third kappa shape index (κ3) is 3.80. The van der Waals surface area contributed by atoms with Crippen LogP contribution >= 0.6 is 11.3 Å². The van der Waals surface area contributed by atoms with E-state index in [9.17, 15) is 9.18 Å². The summed E-state index contributed by atoms with van der Waals surface area (Å²) in [5.41, 5.74) is 0.581. The number of hydrogen-bond donors (Lipinski definition) is 0. The van der Waals surface area contributed by atoms with E-state index in [1.807, 2.05) is 12.1 Å². The topological polar surface area (TPSA) is 51.9 Å². The first kappa shape index (κ1) is 18.6. The first-order valence-corrected chi connectivity index (χ1v) is 8.96. The highest BCUT2D eigenvalue weighted by Crippen LogP contribution is 2.34. The molecule has 0 fully saturated rings. The Morgan fingerprint density at radius 1 is 1.23 bits per heavy atom. The zero-order valence-electron chi connectivity index (χ0n) is 14.7. The van der Waals surface area contributed by atoms with E-state index in [2.05, 4.69) is 0 Å². The molecule has 26 heavy (non-hydrogen) atoms. The third-order valence-electron chi connectivity index (χ3n) is 4.03. The molecule has 2 aromatic heterocycles. The minimum atomic E-state index is -0.348. The van der Waals surface area contributed by atoms with Crippen LogP contribution < -0.4 is 0 Å². The largest absolute Gasteiger partial charge is 0.467 e. The summed E-state index contributed by atoms with van der Waals surface area (Å²) < 4.78 is 30.8. The molecular formula is C19H20FNO4S. The standard InChI is InChI=1S/C19H20FNO4S/c1-23-10-8-21(11-13-5-4-9-25-13)19(22)18-14(12-24-2)17-15(20)6-3-7-16(17)26-18/h3-7,9H,8,10-12H2,1-2H3. The Morgan fingerprint density at radius 3 is 2.77 bits per heavy atom. The Morgan fingerprint density at radius 2 is 2.08 bits per heavy atom. The number of carbonyl (C=O) groups excluding carboxylic acids is 1. The molecule has 0 radical (unpaired) electrons. The monoisotopic (exact) mass is 377 g/mol. The fraction of sp³-hybridized carbons (Fsp3) is 0.316. The summed E-state index contributed by atoms with van der Waals surface area (Å²) in [5, 5.41) is 0.451. The minimum Gasteiger partial charge on any atom is -0.467 e. The molecule has 1 aromatic carbocycles. The first-order valence-electron chi connectivity index (χ1n) is 8.15. The lowest BCUT2D eigenvalue weighted by Gasteiger charge is -2.21.